The molecule has 0 spiro atoms. The van der Waals surface area contributed by atoms with Crippen molar-refractivity contribution in [1.82, 2.24) is 30.8 Å². The van der Waals surface area contributed by atoms with Crippen molar-refractivity contribution in [2.45, 2.75) is 32.7 Å². The topological polar surface area (TPSA) is 312 Å². The van der Waals surface area contributed by atoms with Crippen LogP contribution in [0.3, 0.4) is 0 Å². The van der Waals surface area contributed by atoms with Gasteiger partial charge < -0.3 is 56.6 Å². The van der Waals surface area contributed by atoms with Crippen LogP contribution in [0.1, 0.15) is 65.7 Å². The van der Waals surface area contributed by atoms with Crippen LogP contribution < -0.4 is 27.1 Å². The number of hydrogen-bond acceptors (Lipinski definition) is 12. The molecule has 19 heteroatoms. The lowest BCUT2D eigenvalue weighted by Crippen LogP contribution is -2.48. The van der Waals surface area contributed by atoms with Gasteiger partial charge in [0.25, 0.3) is 28.8 Å². The first-order valence-corrected chi connectivity index (χ1v) is 15.0. The molecule has 0 aliphatic carbocycles. The number of aliphatic carboxylic acids is 1. The number of aromatic carboxylic acids is 1. The van der Waals surface area contributed by atoms with Crippen LogP contribution >= 0.6 is 0 Å². The summed E-state index contributed by atoms with van der Waals surface area (Å²) in [6.45, 7) is 2.67. The fraction of sp³-hybridized carbons (Fsp3) is 0.323. The van der Waals surface area contributed by atoms with Crippen LogP contribution in [-0.2, 0) is 4.79 Å². The largest absolute Gasteiger partial charge is 0.504 e. The van der Waals surface area contributed by atoms with Crippen LogP contribution in [0.25, 0.3) is 0 Å². The molecular formula is C31H36N6O13. The van der Waals surface area contributed by atoms with Gasteiger partial charge in [0.2, 0.25) is 0 Å². The van der Waals surface area contributed by atoms with Crippen molar-refractivity contribution in [3.8, 4) is 23.0 Å². The minimum absolute atomic E-state index is 0.00129. The van der Waals surface area contributed by atoms with E-state index in [9.17, 15) is 59.1 Å². The summed E-state index contributed by atoms with van der Waals surface area (Å²) in [6.07, 6.45) is -0.583. The van der Waals surface area contributed by atoms with Crippen molar-refractivity contribution in [2.24, 2.45) is 0 Å². The average Bonchev–Trinajstić information content (AvgIpc) is 3.03. The second kappa shape index (κ2) is 16.6. The van der Waals surface area contributed by atoms with Crippen molar-refractivity contribution < 1.29 is 54.6 Å². The van der Waals surface area contributed by atoms with Crippen molar-refractivity contribution >= 4 is 29.7 Å². The van der Waals surface area contributed by atoms with Crippen LogP contribution in [0.5, 0.6) is 23.0 Å². The van der Waals surface area contributed by atoms with Gasteiger partial charge in [-0.25, -0.2) is 4.79 Å². The Morgan fingerprint density at radius 1 is 0.700 bits per heavy atom. The number of carboxylic acid groups (broad SMARTS) is 2. The number of carboxylic acids is 2. The Labute approximate surface area is 282 Å². The highest BCUT2D eigenvalue weighted by Gasteiger charge is 2.25. The van der Waals surface area contributed by atoms with Gasteiger partial charge in [0, 0.05) is 56.6 Å². The lowest BCUT2D eigenvalue weighted by atomic mass is 10.1. The molecule has 1 unspecified atom stereocenters. The molecule has 19 nitrogen and oxygen atoms in total. The molecule has 3 rings (SSSR count). The molecular weight excluding hydrogens is 664 g/mol. The highest BCUT2D eigenvalue weighted by Crippen LogP contribution is 2.32. The van der Waals surface area contributed by atoms with E-state index in [2.05, 4.69) is 25.9 Å². The first-order chi connectivity index (χ1) is 23.5. The van der Waals surface area contributed by atoms with Gasteiger partial charge >= 0.3 is 11.9 Å². The van der Waals surface area contributed by atoms with Gasteiger partial charge in [-0.05, 0) is 44.5 Å². The van der Waals surface area contributed by atoms with E-state index >= 15 is 0 Å². The van der Waals surface area contributed by atoms with E-state index in [1.165, 1.54) is 26.0 Å². The van der Waals surface area contributed by atoms with Gasteiger partial charge in [0.1, 0.15) is 5.56 Å². The predicted molar refractivity (Wildman–Crippen MR) is 173 cm³/mol. The van der Waals surface area contributed by atoms with Crippen LogP contribution in [0, 0.1) is 13.8 Å². The lowest BCUT2D eigenvalue weighted by Gasteiger charge is -2.28. The number of phenolic OH excluding ortho intramolecular Hbond substituents is 1. The summed E-state index contributed by atoms with van der Waals surface area (Å²) in [5.74, 6) is -8.99. The Kier molecular flexibility index (Phi) is 12.7. The van der Waals surface area contributed by atoms with E-state index in [1.807, 2.05) is 0 Å². The number of H-pyrrole nitrogens is 2. The SMILES string of the molecule is Cc1cc(C(=O)NCCN(CCNC(=O)c2cc(C)[nH]c(=O)c2O)CC(CCC(=O)O)NC(=O)c2ccc(C(=O)O)c(O)c2O)c(O)c(=O)[nH]1. The number of aryl methyl sites for hydroxylation is 2. The van der Waals surface area contributed by atoms with Crippen molar-refractivity contribution in [2.75, 3.05) is 32.7 Å². The molecule has 11 N–H and O–H groups in total. The second-order valence-corrected chi connectivity index (χ2v) is 11.2. The summed E-state index contributed by atoms with van der Waals surface area (Å²) < 4.78 is 0. The molecule has 0 saturated heterocycles. The van der Waals surface area contributed by atoms with E-state index < -0.39 is 87.4 Å². The molecule has 268 valence electrons. The van der Waals surface area contributed by atoms with E-state index in [-0.39, 0.29) is 50.3 Å². The Hall–Kier alpha value is -6.37. The molecule has 0 fully saturated rings. The number of pyridine rings is 2. The highest BCUT2D eigenvalue weighted by molar-refractivity contribution is 6.01. The number of hydrogen-bond donors (Lipinski definition) is 11. The molecule has 1 aromatic carbocycles. The number of aromatic amines is 2. The van der Waals surface area contributed by atoms with Crippen molar-refractivity contribution in [3.63, 3.8) is 0 Å². The van der Waals surface area contributed by atoms with Gasteiger partial charge in [0.15, 0.2) is 23.0 Å². The third kappa shape index (κ3) is 9.83. The monoisotopic (exact) mass is 700 g/mol. The molecule has 3 aromatic rings. The molecule has 0 bridgehead atoms. The zero-order chi connectivity index (χ0) is 37.3. The number of carbonyl (C=O) groups is 5. The van der Waals surface area contributed by atoms with Crippen LogP contribution in [0.4, 0.5) is 0 Å². The molecule has 1 atom stereocenters. The van der Waals surface area contributed by atoms with Crippen LogP contribution in [0.2, 0.25) is 0 Å². The normalized spacial score (nSPS) is 11.5. The van der Waals surface area contributed by atoms with Crippen molar-refractivity contribution in [1.29, 1.82) is 0 Å². The number of nitrogens with zero attached hydrogens (tertiary/aromatic N) is 1. The number of aromatic nitrogens is 2. The maximum Gasteiger partial charge on any atom is 0.339 e. The summed E-state index contributed by atoms with van der Waals surface area (Å²) in [4.78, 5) is 91.4. The zero-order valence-electron chi connectivity index (χ0n) is 26.8. The minimum atomic E-state index is -1.56. The third-order valence-corrected chi connectivity index (χ3v) is 7.35. The number of benzene rings is 1. The standard InChI is InChI=1S/C31H36N6O13/c1-14-11-19(24(42)29(47)34-14)26(44)32-7-9-37(10-8-33-27(45)20-12-15(2)35-30(48)25(20)43)13-16(3-6-21(38)39)36-28(46)17-4-5-18(31(49)50)23(41)22(17)40/h4-5,11-12,16,40-43H,3,6-10,13H2,1-2H3,(H,32,44)(H,33,45)(H,34,47)(H,35,48)(H,36,46)(H,38,39)(H,49,50). The fourth-order valence-electron chi connectivity index (χ4n) is 4.87. The first-order valence-electron chi connectivity index (χ1n) is 15.0. The predicted octanol–water partition coefficient (Wildman–Crippen LogP) is -0.674. The zero-order valence-corrected chi connectivity index (χ0v) is 26.8. The summed E-state index contributed by atoms with van der Waals surface area (Å²) in [5.41, 5.74) is -2.87. The Morgan fingerprint density at radius 3 is 1.62 bits per heavy atom. The molecule has 0 aliphatic rings. The van der Waals surface area contributed by atoms with Crippen molar-refractivity contribution in [3.05, 3.63) is 78.6 Å². The number of amides is 3. The number of carbonyl (C=O) groups excluding carboxylic acids is 3. The quantitative estimate of drug-likeness (QED) is 0.0826. The maximum atomic E-state index is 13.1. The lowest BCUT2D eigenvalue weighted by molar-refractivity contribution is -0.137. The molecule has 2 heterocycles. The van der Waals surface area contributed by atoms with Gasteiger partial charge in [-0.3, -0.25) is 33.7 Å². The Morgan fingerprint density at radius 2 is 1.16 bits per heavy atom. The average molecular weight is 701 g/mol. The summed E-state index contributed by atoms with van der Waals surface area (Å²) in [6, 6.07) is 3.42. The summed E-state index contributed by atoms with van der Waals surface area (Å²) in [7, 11) is 0. The van der Waals surface area contributed by atoms with Gasteiger partial charge in [0.05, 0.1) is 16.7 Å². The van der Waals surface area contributed by atoms with E-state index in [4.69, 9.17) is 5.11 Å². The smallest absolute Gasteiger partial charge is 0.339 e. The van der Waals surface area contributed by atoms with Gasteiger partial charge in [-0.1, -0.05) is 0 Å². The number of aromatic hydroxyl groups is 4. The van der Waals surface area contributed by atoms with Gasteiger partial charge in [-0.15, -0.1) is 0 Å². The number of phenols is 2. The summed E-state index contributed by atoms with van der Waals surface area (Å²) >= 11 is 0. The van der Waals surface area contributed by atoms with Crippen LogP contribution in [0.15, 0.2) is 33.9 Å². The third-order valence-electron chi connectivity index (χ3n) is 7.35. The molecule has 0 saturated carbocycles. The van der Waals surface area contributed by atoms with E-state index in [0.717, 1.165) is 12.1 Å². The molecule has 0 radical (unpaired) electrons. The second-order valence-electron chi connectivity index (χ2n) is 11.2. The number of nitrogens with one attached hydrogen (secondary N) is 5. The minimum Gasteiger partial charge on any atom is -0.504 e. The molecule has 50 heavy (non-hydrogen) atoms. The van der Waals surface area contributed by atoms with E-state index in [1.54, 1.807) is 4.90 Å². The van der Waals surface area contributed by atoms with Gasteiger partial charge in [-0.2, -0.15) is 0 Å². The maximum absolute atomic E-state index is 13.1. The molecule has 0 aliphatic heterocycles. The highest BCUT2D eigenvalue weighted by atomic mass is 16.4. The molecule has 2 aromatic heterocycles. The Balaban J connectivity index is 1.82. The Bertz CT molecular complexity index is 1840. The fourth-order valence-corrected chi connectivity index (χ4v) is 4.87. The first kappa shape index (κ1) is 38.1. The number of rotatable bonds is 16. The van der Waals surface area contributed by atoms with Crippen LogP contribution in [-0.4, -0.2) is 114 Å². The van der Waals surface area contributed by atoms with E-state index in [0.29, 0.717) is 11.4 Å². The molecule has 3 amide bonds. The summed E-state index contributed by atoms with van der Waals surface area (Å²) in [5, 5.41) is 66.6.